The zero-order valence-electron chi connectivity index (χ0n) is 14.4. The molecule has 1 aliphatic rings. The third kappa shape index (κ3) is 2.96. The molecule has 26 heavy (non-hydrogen) atoms. The first kappa shape index (κ1) is 17.0. The summed E-state index contributed by atoms with van der Waals surface area (Å²) in [5, 5.41) is 0. The fourth-order valence-electron chi connectivity index (χ4n) is 3.79. The van der Waals surface area contributed by atoms with Crippen molar-refractivity contribution in [2.24, 2.45) is 0 Å². The molecule has 0 N–H and O–H groups in total. The van der Waals surface area contributed by atoms with E-state index in [1.807, 2.05) is 0 Å². The molecular weight excluding hydrogens is 348 g/mol. The molecule has 0 saturated carbocycles. The quantitative estimate of drug-likeness (QED) is 0.309. The van der Waals surface area contributed by atoms with Gasteiger partial charge in [-0.1, -0.05) is 84.9 Å². The van der Waals surface area contributed by atoms with Crippen molar-refractivity contribution in [2.45, 2.75) is 6.42 Å². The third-order valence-electron chi connectivity index (χ3n) is 5.11. The van der Waals surface area contributed by atoms with E-state index in [1.54, 1.807) is 0 Å². The smallest absolute Gasteiger partial charge is 0 e. The summed E-state index contributed by atoms with van der Waals surface area (Å²) in [6.45, 7) is 0. The summed E-state index contributed by atoms with van der Waals surface area (Å²) < 4.78 is 0. The van der Waals surface area contributed by atoms with Gasteiger partial charge in [0.1, 0.15) is 0 Å². The van der Waals surface area contributed by atoms with Crippen molar-refractivity contribution in [2.75, 3.05) is 0 Å². The first-order chi connectivity index (χ1) is 12.4. The summed E-state index contributed by atoms with van der Waals surface area (Å²) in [6.07, 6.45) is 1.04. The summed E-state index contributed by atoms with van der Waals surface area (Å²) in [5.74, 6) is 0. The number of benzene rings is 4. The Morgan fingerprint density at radius 1 is 0.423 bits per heavy atom. The zero-order valence-corrected chi connectivity index (χ0v) is 16.0. The molecule has 1 aliphatic carbocycles. The van der Waals surface area contributed by atoms with Crippen molar-refractivity contribution in [1.29, 1.82) is 0 Å². The summed E-state index contributed by atoms with van der Waals surface area (Å²) in [5.41, 5.74) is 10.8. The molecule has 0 atom stereocenters. The molecule has 0 nitrogen and oxygen atoms in total. The Hall–Kier alpha value is -2.41. The molecule has 4 aromatic rings. The Bertz CT molecular complexity index is 963. The predicted molar refractivity (Wildman–Crippen MR) is 106 cm³/mol. The molecular formula is C25H18Ti. The number of fused-ring (bicyclic) bond motifs is 3. The van der Waals surface area contributed by atoms with Crippen LogP contribution in [0.2, 0.25) is 0 Å². The number of hydrogen-bond donors (Lipinski definition) is 0. The molecule has 0 spiro atoms. The van der Waals surface area contributed by atoms with Gasteiger partial charge in [0.25, 0.3) is 0 Å². The van der Waals surface area contributed by atoms with E-state index in [0.29, 0.717) is 0 Å². The molecule has 5 rings (SSSR count). The average Bonchev–Trinajstić information content (AvgIpc) is 3.06. The second-order valence-corrected chi connectivity index (χ2v) is 6.65. The first-order valence-electron chi connectivity index (χ1n) is 8.75. The van der Waals surface area contributed by atoms with Crippen molar-refractivity contribution in [3.05, 3.63) is 108 Å². The molecule has 0 aliphatic heterocycles. The molecule has 0 unspecified atom stereocenters. The van der Waals surface area contributed by atoms with Gasteiger partial charge >= 0.3 is 0 Å². The van der Waals surface area contributed by atoms with Crippen LogP contribution >= 0.6 is 0 Å². The molecule has 0 aromatic heterocycles. The second kappa shape index (κ2) is 7.07. The van der Waals surface area contributed by atoms with E-state index in [1.165, 1.54) is 44.5 Å². The van der Waals surface area contributed by atoms with E-state index in [2.05, 4.69) is 97.1 Å². The van der Waals surface area contributed by atoms with Gasteiger partial charge < -0.3 is 0 Å². The molecule has 0 radical (unpaired) electrons. The minimum absolute atomic E-state index is 0. The van der Waals surface area contributed by atoms with Crippen LogP contribution in [0.5, 0.6) is 0 Å². The average molecular weight is 366 g/mol. The Morgan fingerprint density at radius 2 is 0.846 bits per heavy atom. The third-order valence-corrected chi connectivity index (χ3v) is 5.11. The van der Waals surface area contributed by atoms with E-state index in [0.717, 1.165) is 6.42 Å². The van der Waals surface area contributed by atoms with Gasteiger partial charge in [-0.15, -0.1) is 0 Å². The number of hydrogen-bond acceptors (Lipinski definition) is 0. The Balaban J connectivity index is 0.00000168. The molecule has 0 amide bonds. The molecule has 0 fully saturated rings. The van der Waals surface area contributed by atoms with Crippen LogP contribution in [0.25, 0.3) is 33.4 Å². The van der Waals surface area contributed by atoms with Crippen molar-refractivity contribution >= 4 is 0 Å². The molecule has 4 aromatic carbocycles. The van der Waals surface area contributed by atoms with Crippen LogP contribution in [-0.4, -0.2) is 0 Å². The second-order valence-electron chi connectivity index (χ2n) is 6.65. The van der Waals surface area contributed by atoms with Gasteiger partial charge in [0.2, 0.25) is 0 Å². The molecule has 0 saturated heterocycles. The van der Waals surface area contributed by atoms with Crippen molar-refractivity contribution in [3.8, 4) is 33.4 Å². The van der Waals surface area contributed by atoms with Crippen LogP contribution in [0.3, 0.4) is 0 Å². The van der Waals surface area contributed by atoms with E-state index in [-0.39, 0.29) is 21.7 Å². The van der Waals surface area contributed by atoms with E-state index >= 15 is 0 Å². The zero-order chi connectivity index (χ0) is 16.6. The molecule has 0 bridgehead atoms. The summed E-state index contributed by atoms with van der Waals surface area (Å²) >= 11 is 0. The van der Waals surface area contributed by atoms with Gasteiger partial charge in [0.15, 0.2) is 0 Å². The monoisotopic (exact) mass is 366 g/mol. The molecule has 1 heteroatoms. The van der Waals surface area contributed by atoms with Gasteiger partial charge in [-0.2, -0.15) is 0 Å². The van der Waals surface area contributed by atoms with Crippen LogP contribution < -0.4 is 0 Å². The summed E-state index contributed by atoms with van der Waals surface area (Å²) in [6, 6.07) is 35.0. The van der Waals surface area contributed by atoms with Crippen LogP contribution in [0.15, 0.2) is 97.1 Å². The van der Waals surface area contributed by atoms with E-state index in [4.69, 9.17) is 0 Å². The normalized spacial score (nSPS) is 11.4. The SMILES string of the molecule is [Ti].c1ccc(-c2ccc3c(c2)-c2cc(-c4ccccc4)ccc2C3)cc1. The van der Waals surface area contributed by atoms with Crippen molar-refractivity contribution in [3.63, 3.8) is 0 Å². The predicted octanol–water partition coefficient (Wildman–Crippen LogP) is 6.59. The molecule has 0 heterocycles. The van der Waals surface area contributed by atoms with Crippen molar-refractivity contribution < 1.29 is 21.7 Å². The maximum absolute atomic E-state index is 2.35. The fourth-order valence-corrected chi connectivity index (χ4v) is 3.79. The standard InChI is InChI=1S/C25H18.Ti/c1-3-7-18(8-4-1)20-11-13-22-15-23-14-12-21(17-25(23)24(22)16-20)19-9-5-2-6-10-19;/h1-14,16-17H,15H2;. The van der Waals surface area contributed by atoms with Crippen LogP contribution in [0.4, 0.5) is 0 Å². The Kier molecular flexibility index (Phi) is 4.63. The van der Waals surface area contributed by atoms with Crippen LogP contribution in [-0.2, 0) is 28.1 Å². The maximum Gasteiger partial charge on any atom is 0 e. The largest absolute Gasteiger partial charge is 0.0622 e. The van der Waals surface area contributed by atoms with Gasteiger partial charge in [0.05, 0.1) is 0 Å². The fraction of sp³-hybridized carbons (Fsp3) is 0.0400. The number of rotatable bonds is 2. The van der Waals surface area contributed by atoms with E-state index < -0.39 is 0 Å². The van der Waals surface area contributed by atoms with Crippen molar-refractivity contribution in [1.82, 2.24) is 0 Å². The Morgan fingerprint density at radius 3 is 1.27 bits per heavy atom. The topological polar surface area (TPSA) is 0 Å². The minimum atomic E-state index is 0. The van der Waals surface area contributed by atoms with Gasteiger partial charge in [0, 0.05) is 21.7 Å². The molecule has 122 valence electrons. The van der Waals surface area contributed by atoms with E-state index in [9.17, 15) is 0 Å². The van der Waals surface area contributed by atoms with Crippen LogP contribution in [0, 0.1) is 0 Å². The summed E-state index contributed by atoms with van der Waals surface area (Å²) in [4.78, 5) is 0. The summed E-state index contributed by atoms with van der Waals surface area (Å²) in [7, 11) is 0. The van der Waals surface area contributed by atoms with Crippen LogP contribution in [0.1, 0.15) is 11.1 Å². The Labute approximate surface area is 169 Å². The first-order valence-corrected chi connectivity index (χ1v) is 8.75. The minimum Gasteiger partial charge on any atom is -0.0622 e. The van der Waals surface area contributed by atoms with Gasteiger partial charge in [-0.05, 0) is 63.1 Å². The van der Waals surface area contributed by atoms with Gasteiger partial charge in [-0.25, -0.2) is 0 Å². The van der Waals surface area contributed by atoms with Gasteiger partial charge in [-0.3, -0.25) is 0 Å². The maximum atomic E-state index is 2.35.